The predicted molar refractivity (Wildman–Crippen MR) is 71.8 cm³/mol. The molecule has 98 valence electrons. The van der Waals surface area contributed by atoms with E-state index in [9.17, 15) is 4.79 Å². The first-order valence-corrected chi connectivity index (χ1v) is 6.53. The summed E-state index contributed by atoms with van der Waals surface area (Å²) < 4.78 is 5.17. The van der Waals surface area contributed by atoms with E-state index in [2.05, 4.69) is 30.9 Å². The molecule has 0 radical (unpaired) electrons. The van der Waals surface area contributed by atoms with Crippen LogP contribution in [0.5, 0.6) is 5.75 Å². The molecule has 0 aromatic heterocycles. The third-order valence-electron chi connectivity index (χ3n) is 3.83. The van der Waals surface area contributed by atoms with Crippen LogP contribution in [0.1, 0.15) is 38.3 Å². The van der Waals surface area contributed by atoms with E-state index in [4.69, 9.17) is 4.74 Å². The van der Waals surface area contributed by atoms with Gasteiger partial charge in [0.2, 0.25) is 0 Å². The Kier molecular flexibility index (Phi) is 4.02. The normalized spacial score (nSPS) is 22.8. The van der Waals surface area contributed by atoms with E-state index >= 15 is 0 Å². The van der Waals surface area contributed by atoms with Crippen LogP contribution in [0, 0.1) is 0 Å². The lowest BCUT2D eigenvalue weighted by Gasteiger charge is -2.37. The first-order chi connectivity index (χ1) is 8.61. The minimum atomic E-state index is 0.336. The van der Waals surface area contributed by atoms with Gasteiger partial charge in [0, 0.05) is 31.5 Å². The molecule has 1 saturated heterocycles. The monoisotopic (exact) mass is 247 g/mol. The second kappa shape index (κ2) is 5.53. The Hall–Kier alpha value is -1.35. The smallest absolute Gasteiger partial charge is 0.135 e. The van der Waals surface area contributed by atoms with E-state index < -0.39 is 0 Å². The van der Waals surface area contributed by atoms with E-state index in [1.165, 1.54) is 5.56 Å². The molecule has 1 aromatic rings. The van der Waals surface area contributed by atoms with Crippen molar-refractivity contribution in [2.45, 2.75) is 38.8 Å². The van der Waals surface area contributed by atoms with Crippen molar-refractivity contribution in [3.05, 3.63) is 29.8 Å². The van der Waals surface area contributed by atoms with Gasteiger partial charge in [-0.05, 0) is 31.5 Å². The number of Topliss-reactive ketones (excluding diaryl/α,β-unsaturated/α-hetero) is 1. The van der Waals surface area contributed by atoms with E-state index in [1.807, 2.05) is 12.1 Å². The van der Waals surface area contributed by atoms with Crippen LogP contribution in [0.25, 0.3) is 0 Å². The quantitative estimate of drug-likeness (QED) is 0.822. The summed E-state index contributed by atoms with van der Waals surface area (Å²) in [6, 6.07) is 8.87. The number of carbonyl (C=O) groups is 1. The number of rotatable bonds is 3. The number of piperidine rings is 1. The molecule has 2 unspecified atom stereocenters. The van der Waals surface area contributed by atoms with Crippen molar-refractivity contribution < 1.29 is 9.53 Å². The predicted octanol–water partition coefficient (Wildman–Crippen LogP) is 2.81. The van der Waals surface area contributed by atoms with Crippen molar-refractivity contribution in [3.63, 3.8) is 0 Å². The Bertz CT molecular complexity index is 413. The largest absolute Gasteiger partial charge is 0.497 e. The van der Waals surface area contributed by atoms with Gasteiger partial charge in [-0.2, -0.15) is 0 Å². The number of hydrogen-bond donors (Lipinski definition) is 0. The van der Waals surface area contributed by atoms with Crippen LogP contribution in [-0.4, -0.2) is 30.4 Å². The lowest BCUT2D eigenvalue weighted by molar-refractivity contribution is -0.123. The zero-order valence-electron chi connectivity index (χ0n) is 11.3. The molecule has 18 heavy (non-hydrogen) atoms. The van der Waals surface area contributed by atoms with Crippen molar-refractivity contribution in [1.29, 1.82) is 0 Å². The number of likely N-dealkylation sites (tertiary alicyclic amines) is 1. The van der Waals surface area contributed by atoms with Crippen LogP contribution in [0.4, 0.5) is 0 Å². The first-order valence-electron chi connectivity index (χ1n) is 6.53. The maximum atomic E-state index is 11.4. The highest BCUT2D eigenvalue weighted by Crippen LogP contribution is 2.28. The standard InChI is InChI=1S/C15H21NO2/c1-11-10-14(17)8-9-16(11)12(2)13-4-6-15(18-3)7-5-13/h4-7,11-12H,8-10H2,1-3H3. The minimum absolute atomic E-state index is 0.336. The zero-order chi connectivity index (χ0) is 13.1. The number of nitrogens with zero attached hydrogens (tertiary/aromatic N) is 1. The summed E-state index contributed by atoms with van der Waals surface area (Å²) in [6.07, 6.45) is 1.37. The van der Waals surface area contributed by atoms with Gasteiger partial charge in [-0.1, -0.05) is 12.1 Å². The summed E-state index contributed by atoms with van der Waals surface area (Å²) in [6.45, 7) is 5.21. The van der Waals surface area contributed by atoms with Gasteiger partial charge >= 0.3 is 0 Å². The van der Waals surface area contributed by atoms with E-state index in [0.29, 0.717) is 30.7 Å². The van der Waals surface area contributed by atoms with Crippen LogP contribution in [-0.2, 0) is 4.79 Å². The molecule has 3 nitrogen and oxygen atoms in total. The Morgan fingerprint density at radius 1 is 1.33 bits per heavy atom. The lowest BCUT2D eigenvalue weighted by atomic mass is 9.97. The molecular weight excluding hydrogens is 226 g/mol. The number of benzene rings is 1. The number of ketones is 1. The zero-order valence-corrected chi connectivity index (χ0v) is 11.3. The van der Waals surface area contributed by atoms with Crippen LogP contribution >= 0.6 is 0 Å². The Labute approximate surface area is 109 Å². The van der Waals surface area contributed by atoms with Gasteiger partial charge < -0.3 is 4.74 Å². The van der Waals surface area contributed by atoms with Crippen LogP contribution in [0.15, 0.2) is 24.3 Å². The Morgan fingerprint density at radius 2 is 2.00 bits per heavy atom. The number of ether oxygens (including phenoxy) is 1. The molecule has 1 aliphatic heterocycles. The summed E-state index contributed by atoms with van der Waals surface area (Å²) in [5.74, 6) is 1.27. The van der Waals surface area contributed by atoms with Crippen molar-refractivity contribution in [3.8, 4) is 5.75 Å². The summed E-state index contributed by atoms with van der Waals surface area (Å²) >= 11 is 0. The maximum absolute atomic E-state index is 11.4. The minimum Gasteiger partial charge on any atom is -0.497 e. The molecule has 0 N–H and O–H groups in total. The molecule has 2 atom stereocenters. The van der Waals surface area contributed by atoms with E-state index in [-0.39, 0.29) is 0 Å². The fourth-order valence-corrected chi connectivity index (χ4v) is 2.67. The van der Waals surface area contributed by atoms with Crippen LogP contribution in [0.3, 0.4) is 0 Å². The van der Waals surface area contributed by atoms with Crippen LogP contribution < -0.4 is 4.74 Å². The third kappa shape index (κ3) is 2.72. The average molecular weight is 247 g/mol. The van der Waals surface area contributed by atoms with Crippen LogP contribution in [0.2, 0.25) is 0 Å². The van der Waals surface area contributed by atoms with Gasteiger partial charge in [0.25, 0.3) is 0 Å². The van der Waals surface area contributed by atoms with Gasteiger partial charge in [0.15, 0.2) is 0 Å². The molecule has 0 bridgehead atoms. The van der Waals surface area contributed by atoms with Gasteiger partial charge in [0.1, 0.15) is 11.5 Å². The van der Waals surface area contributed by atoms with Crippen molar-refractivity contribution in [2.75, 3.05) is 13.7 Å². The van der Waals surface area contributed by atoms with Crippen molar-refractivity contribution in [1.82, 2.24) is 4.90 Å². The highest BCUT2D eigenvalue weighted by Gasteiger charge is 2.27. The van der Waals surface area contributed by atoms with Gasteiger partial charge in [-0.15, -0.1) is 0 Å². The molecule has 0 saturated carbocycles. The summed E-state index contributed by atoms with van der Waals surface area (Å²) in [4.78, 5) is 13.8. The highest BCUT2D eigenvalue weighted by atomic mass is 16.5. The first kappa shape index (κ1) is 13.1. The van der Waals surface area contributed by atoms with Gasteiger partial charge in [-0.25, -0.2) is 0 Å². The van der Waals surface area contributed by atoms with Gasteiger partial charge in [0.05, 0.1) is 7.11 Å². The molecular formula is C15H21NO2. The van der Waals surface area contributed by atoms with E-state index in [1.54, 1.807) is 7.11 Å². The molecule has 0 amide bonds. The molecule has 1 fully saturated rings. The summed E-state index contributed by atoms with van der Waals surface area (Å²) in [5.41, 5.74) is 1.27. The highest BCUT2D eigenvalue weighted by molar-refractivity contribution is 5.79. The number of hydrogen-bond acceptors (Lipinski definition) is 3. The molecule has 3 heteroatoms. The lowest BCUT2D eigenvalue weighted by Crippen LogP contribution is -2.42. The summed E-state index contributed by atoms with van der Waals surface area (Å²) in [5, 5.41) is 0. The second-order valence-electron chi connectivity index (χ2n) is 5.03. The Balaban J connectivity index is 2.09. The summed E-state index contributed by atoms with van der Waals surface area (Å²) in [7, 11) is 1.68. The fraction of sp³-hybridized carbons (Fsp3) is 0.533. The van der Waals surface area contributed by atoms with E-state index in [0.717, 1.165) is 12.3 Å². The number of methoxy groups -OCH3 is 1. The molecule has 1 aliphatic rings. The van der Waals surface area contributed by atoms with Gasteiger partial charge in [-0.3, -0.25) is 9.69 Å². The molecule has 0 aliphatic carbocycles. The fourth-order valence-electron chi connectivity index (χ4n) is 2.67. The second-order valence-corrected chi connectivity index (χ2v) is 5.03. The maximum Gasteiger partial charge on any atom is 0.135 e. The topological polar surface area (TPSA) is 29.5 Å². The average Bonchev–Trinajstić information content (AvgIpc) is 2.38. The third-order valence-corrected chi connectivity index (χ3v) is 3.83. The van der Waals surface area contributed by atoms with Crippen molar-refractivity contribution in [2.24, 2.45) is 0 Å². The number of carbonyl (C=O) groups excluding carboxylic acids is 1. The molecule has 1 aromatic carbocycles. The molecule has 1 heterocycles. The SMILES string of the molecule is COc1ccc(C(C)N2CCC(=O)CC2C)cc1. The van der Waals surface area contributed by atoms with Crippen molar-refractivity contribution >= 4 is 5.78 Å². The molecule has 0 spiro atoms. The molecule has 2 rings (SSSR count). The Morgan fingerprint density at radius 3 is 2.56 bits per heavy atom.